The molecule has 40 heavy (non-hydrogen) atoms. The average Bonchev–Trinajstić information content (AvgIpc) is 3.56. The first-order chi connectivity index (χ1) is 19.5. The van der Waals surface area contributed by atoms with Gasteiger partial charge in [-0.05, 0) is 53.9 Å². The first-order valence-electron chi connectivity index (χ1n) is 12.9. The largest absolute Gasteiger partial charge is 0.494 e. The zero-order valence-electron chi connectivity index (χ0n) is 21.8. The number of aromatic amines is 1. The number of anilines is 1. The molecule has 8 heteroatoms. The number of carbonyl (C=O) groups excluding carboxylic acids is 2. The summed E-state index contributed by atoms with van der Waals surface area (Å²) < 4.78 is 4.84. The maximum absolute atomic E-state index is 13.0. The van der Waals surface area contributed by atoms with Crippen molar-refractivity contribution < 1.29 is 19.4 Å². The molecule has 0 saturated heterocycles. The van der Waals surface area contributed by atoms with Crippen molar-refractivity contribution in [2.24, 2.45) is 4.99 Å². The fourth-order valence-electron chi connectivity index (χ4n) is 5.15. The van der Waals surface area contributed by atoms with Gasteiger partial charge in [-0.15, -0.1) is 0 Å². The molecule has 3 aromatic carbocycles. The van der Waals surface area contributed by atoms with Gasteiger partial charge in [0.2, 0.25) is 5.91 Å². The van der Waals surface area contributed by atoms with E-state index >= 15 is 0 Å². The molecule has 8 nitrogen and oxygen atoms in total. The Morgan fingerprint density at radius 1 is 1.02 bits per heavy atom. The smallest absolute Gasteiger partial charge is 0.337 e. The molecule has 1 amide bonds. The highest BCUT2D eigenvalue weighted by atomic mass is 16.5. The van der Waals surface area contributed by atoms with Crippen LogP contribution in [0.15, 0.2) is 96.2 Å². The van der Waals surface area contributed by atoms with Gasteiger partial charge in [-0.1, -0.05) is 42.5 Å². The van der Waals surface area contributed by atoms with Gasteiger partial charge in [0.1, 0.15) is 0 Å². The summed E-state index contributed by atoms with van der Waals surface area (Å²) in [5, 5.41) is 11.7. The molecular weight excluding hydrogens is 504 g/mol. The van der Waals surface area contributed by atoms with Crippen LogP contribution in [-0.2, 0) is 22.4 Å². The third-order valence-electron chi connectivity index (χ3n) is 7.06. The number of aliphatic imine (C=N–C) groups is 1. The molecule has 0 unspecified atom stereocenters. The predicted molar refractivity (Wildman–Crippen MR) is 153 cm³/mol. The van der Waals surface area contributed by atoms with E-state index in [0.717, 1.165) is 34.2 Å². The Morgan fingerprint density at radius 3 is 2.65 bits per heavy atom. The van der Waals surface area contributed by atoms with E-state index in [1.54, 1.807) is 30.6 Å². The number of methoxy groups -OCH3 is 1. The van der Waals surface area contributed by atoms with Crippen LogP contribution in [0.3, 0.4) is 0 Å². The Kier molecular flexibility index (Phi) is 6.57. The van der Waals surface area contributed by atoms with Gasteiger partial charge in [0.05, 0.1) is 36.1 Å². The molecule has 0 spiro atoms. The molecule has 0 saturated carbocycles. The lowest BCUT2D eigenvalue weighted by atomic mass is 10.00. The fraction of sp³-hybridized carbons (Fsp3) is 0.125. The van der Waals surface area contributed by atoms with Gasteiger partial charge >= 0.3 is 5.97 Å². The number of carbonyl (C=O) groups is 2. The number of H-pyrrole nitrogens is 1. The highest BCUT2D eigenvalue weighted by molar-refractivity contribution is 6.22. The molecular formula is C32H26N4O4. The van der Waals surface area contributed by atoms with E-state index in [9.17, 15) is 14.7 Å². The van der Waals surface area contributed by atoms with E-state index in [2.05, 4.69) is 9.97 Å². The summed E-state index contributed by atoms with van der Waals surface area (Å²) in [6.45, 7) is 0.610. The number of nitrogens with one attached hydrogen (secondary N) is 1. The SMILES string of the molecule is COC(=O)c1ccc2c(C(=Nc3ccc4c(c3)CCN4C(=O)Cc3cccnc3)c3ccccc3)c(O)[nH]c2c1. The minimum Gasteiger partial charge on any atom is -0.494 e. The summed E-state index contributed by atoms with van der Waals surface area (Å²) in [4.78, 5) is 39.0. The van der Waals surface area contributed by atoms with Gasteiger partial charge in [-0.25, -0.2) is 9.79 Å². The van der Waals surface area contributed by atoms with Crippen molar-refractivity contribution in [1.29, 1.82) is 0 Å². The Hall–Kier alpha value is -5.24. The highest BCUT2D eigenvalue weighted by Crippen LogP contribution is 2.35. The summed E-state index contributed by atoms with van der Waals surface area (Å²) in [6.07, 6.45) is 4.43. The molecule has 198 valence electrons. The quantitative estimate of drug-likeness (QED) is 0.227. The Morgan fingerprint density at radius 2 is 1.88 bits per heavy atom. The number of hydrogen-bond donors (Lipinski definition) is 2. The third kappa shape index (κ3) is 4.71. The van der Waals surface area contributed by atoms with Gasteiger partial charge in [-0.2, -0.15) is 0 Å². The normalized spacial score (nSPS) is 12.9. The van der Waals surface area contributed by atoms with Crippen LogP contribution in [0.5, 0.6) is 5.88 Å². The molecule has 0 atom stereocenters. The number of fused-ring (bicyclic) bond motifs is 2. The number of hydrogen-bond acceptors (Lipinski definition) is 6. The lowest BCUT2D eigenvalue weighted by molar-refractivity contribution is -0.117. The maximum Gasteiger partial charge on any atom is 0.337 e. The van der Waals surface area contributed by atoms with Crippen LogP contribution in [0.2, 0.25) is 0 Å². The summed E-state index contributed by atoms with van der Waals surface area (Å²) >= 11 is 0. The predicted octanol–water partition coefficient (Wildman–Crippen LogP) is 5.36. The molecule has 1 aliphatic heterocycles. The van der Waals surface area contributed by atoms with Crippen LogP contribution < -0.4 is 4.90 Å². The number of esters is 1. The summed E-state index contributed by atoms with van der Waals surface area (Å²) in [5.41, 5.74) is 6.43. The van der Waals surface area contributed by atoms with Crippen LogP contribution >= 0.6 is 0 Å². The van der Waals surface area contributed by atoms with Crippen molar-refractivity contribution in [3.05, 3.63) is 119 Å². The summed E-state index contributed by atoms with van der Waals surface area (Å²) in [5.74, 6) is -0.475. The lowest BCUT2D eigenvalue weighted by Gasteiger charge is -2.17. The molecule has 1 aliphatic rings. The van der Waals surface area contributed by atoms with Crippen LogP contribution in [0.4, 0.5) is 11.4 Å². The molecule has 6 rings (SSSR count). The average molecular weight is 531 g/mol. The van der Waals surface area contributed by atoms with Gasteiger partial charge in [0, 0.05) is 41.1 Å². The first-order valence-corrected chi connectivity index (χ1v) is 12.9. The van der Waals surface area contributed by atoms with E-state index < -0.39 is 5.97 Å². The van der Waals surface area contributed by atoms with E-state index in [1.807, 2.05) is 65.6 Å². The molecule has 2 N–H and O–H groups in total. The van der Waals surface area contributed by atoms with Crippen molar-refractivity contribution in [2.75, 3.05) is 18.6 Å². The van der Waals surface area contributed by atoms with Crippen molar-refractivity contribution in [2.45, 2.75) is 12.8 Å². The van der Waals surface area contributed by atoms with Crippen LogP contribution in [0.1, 0.15) is 32.6 Å². The third-order valence-corrected chi connectivity index (χ3v) is 7.06. The topological polar surface area (TPSA) is 108 Å². The summed E-state index contributed by atoms with van der Waals surface area (Å²) in [6, 6.07) is 24.3. The van der Waals surface area contributed by atoms with E-state index in [1.165, 1.54) is 7.11 Å². The molecule has 0 fully saturated rings. The van der Waals surface area contributed by atoms with Gasteiger partial charge in [0.25, 0.3) is 0 Å². The highest BCUT2D eigenvalue weighted by Gasteiger charge is 2.25. The zero-order chi connectivity index (χ0) is 27.6. The van der Waals surface area contributed by atoms with Crippen molar-refractivity contribution in [1.82, 2.24) is 9.97 Å². The van der Waals surface area contributed by atoms with Crippen molar-refractivity contribution in [3.8, 4) is 5.88 Å². The Bertz CT molecular complexity index is 1760. The molecule has 0 radical (unpaired) electrons. The van der Waals surface area contributed by atoms with Gasteiger partial charge in [0.15, 0.2) is 5.88 Å². The number of rotatable bonds is 6. The number of aromatic nitrogens is 2. The Labute approximate surface area is 230 Å². The van der Waals surface area contributed by atoms with Gasteiger partial charge in [-0.3, -0.25) is 9.78 Å². The van der Waals surface area contributed by atoms with Crippen molar-refractivity contribution >= 4 is 39.9 Å². The number of pyridine rings is 1. The van der Waals surface area contributed by atoms with E-state index in [-0.39, 0.29) is 11.8 Å². The minimum atomic E-state index is -0.458. The maximum atomic E-state index is 13.0. The number of amides is 1. The van der Waals surface area contributed by atoms with Crippen LogP contribution in [0.25, 0.3) is 10.9 Å². The second-order valence-corrected chi connectivity index (χ2v) is 9.57. The zero-order valence-corrected chi connectivity index (χ0v) is 21.8. The fourth-order valence-corrected chi connectivity index (χ4v) is 5.15. The lowest BCUT2D eigenvalue weighted by Crippen LogP contribution is -2.30. The van der Waals surface area contributed by atoms with Crippen molar-refractivity contribution in [3.63, 3.8) is 0 Å². The van der Waals surface area contributed by atoms with Gasteiger partial charge < -0.3 is 19.7 Å². The minimum absolute atomic E-state index is 0.0306. The number of nitrogens with zero attached hydrogens (tertiary/aromatic N) is 3. The van der Waals surface area contributed by atoms with E-state index in [0.29, 0.717) is 41.0 Å². The number of aromatic hydroxyl groups is 1. The molecule has 0 aliphatic carbocycles. The monoisotopic (exact) mass is 530 g/mol. The van der Waals surface area contributed by atoms with Crippen LogP contribution in [-0.4, -0.2) is 46.3 Å². The second-order valence-electron chi connectivity index (χ2n) is 9.57. The Balaban J connectivity index is 1.38. The molecule has 5 aromatic rings. The first kappa shape index (κ1) is 25.1. The number of ether oxygens (including phenoxy) is 1. The van der Waals surface area contributed by atoms with E-state index in [4.69, 9.17) is 9.73 Å². The molecule has 0 bridgehead atoms. The number of benzene rings is 3. The molecule has 2 aromatic heterocycles. The summed E-state index contributed by atoms with van der Waals surface area (Å²) in [7, 11) is 1.33. The van der Waals surface area contributed by atoms with Crippen LogP contribution in [0, 0.1) is 0 Å². The second kappa shape index (κ2) is 10.5. The molecule has 3 heterocycles. The standard InChI is InChI=1S/C32H26N4O4/c1-40-32(39)23-9-11-25-26(18-23)35-31(38)29(25)30(21-7-3-2-4-8-21)34-24-10-12-27-22(17-24)13-15-36(27)28(37)16-20-6-5-14-33-19-20/h2-12,14,17-19,35,38H,13,15-16H2,1H3.